The predicted molar refractivity (Wildman–Crippen MR) is 87.1 cm³/mol. The molecule has 1 rings (SSSR count). The SMILES string of the molecule is CCOC(=O)[C@H](CCC(=O)NO)NC(=O)CCCc1ccccc1. The highest BCUT2D eigenvalue weighted by molar-refractivity contribution is 5.85. The minimum Gasteiger partial charge on any atom is -0.464 e. The van der Waals surface area contributed by atoms with Gasteiger partial charge in [0.25, 0.3) is 0 Å². The van der Waals surface area contributed by atoms with Crippen molar-refractivity contribution in [2.45, 2.75) is 45.1 Å². The van der Waals surface area contributed by atoms with E-state index >= 15 is 0 Å². The highest BCUT2D eigenvalue weighted by Gasteiger charge is 2.22. The summed E-state index contributed by atoms with van der Waals surface area (Å²) in [5.41, 5.74) is 2.64. The fraction of sp³-hybridized carbons (Fsp3) is 0.471. The van der Waals surface area contributed by atoms with Crippen molar-refractivity contribution in [3.8, 4) is 0 Å². The molecule has 0 bridgehead atoms. The summed E-state index contributed by atoms with van der Waals surface area (Å²) in [4.78, 5) is 34.9. The first-order chi connectivity index (χ1) is 11.6. The average Bonchev–Trinajstić information content (AvgIpc) is 2.59. The minimum atomic E-state index is -0.897. The molecule has 7 nitrogen and oxygen atoms in total. The highest BCUT2D eigenvalue weighted by atomic mass is 16.5. The lowest BCUT2D eigenvalue weighted by Gasteiger charge is -2.16. The zero-order valence-electron chi connectivity index (χ0n) is 13.8. The predicted octanol–water partition coefficient (Wildman–Crippen LogP) is 1.34. The Hall–Kier alpha value is -2.41. The maximum absolute atomic E-state index is 12.0. The number of carbonyl (C=O) groups is 3. The maximum atomic E-state index is 12.0. The van der Waals surface area contributed by atoms with Crippen LogP contribution in [0.25, 0.3) is 0 Å². The summed E-state index contributed by atoms with van der Waals surface area (Å²) < 4.78 is 4.90. The molecule has 0 heterocycles. The first-order valence-electron chi connectivity index (χ1n) is 7.99. The van der Waals surface area contributed by atoms with E-state index in [1.165, 1.54) is 5.48 Å². The maximum Gasteiger partial charge on any atom is 0.328 e. The van der Waals surface area contributed by atoms with Gasteiger partial charge in [-0.1, -0.05) is 30.3 Å². The van der Waals surface area contributed by atoms with Gasteiger partial charge in [-0.2, -0.15) is 0 Å². The Balaban J connectivity index is 2.43. The van der Waals surface area contributed by atoms with Gasteiger partial charge in [0.05, 0.1) is 6.61 Å². The number of aryl methyl sites for hydroxylation is 1. The third-order valence-corrected chi connectivity index (χ3v) is 3.40. The lowest BCUT2D eigenvalue weighted by Crippen LogP contribution is -2.42. The molecule has 1 atom stereocenters. The van der Waals surface area contributed by atoms with Gasteiger partial charge in [0.1, 0.15) is 6.04 Å². The van der Waals surface area contributed by atoms with E-state index in [0.29, 0.717) is 6.42 Å². The van der Waals surface area contributed by atoms with E-state index in [1.54, 1.807) is 6.92 Å². The number of benzene rings is 1. The Kier molecular flexibility index (Phi) is 9.14. The van der Waals surface area contributed by atoms with Crippen molar-refractivity contribution >= 4 is 17.8 Å². The summed E-state index contributed by atoms with van der Waals surface area (Å²) in [6.07, 6.45) is 1.67. The molecular formula is C17H24N2O5. The monoisotopic (exact) mass is 336 g/mol. The summed E-state index contributed by atoms with van der Waals surface area (Å²) in [6, 6.07) is 8.91. The molecule has 3 N–H and O–H groups in total. The Labute approximate surface area is 141 Å². The number of amides is 2. The third-order valence-electron chi connectivity index (χ3n) is 3.40. The molecule has 24 heavy (non-hydrogen) atoms. The number of ether oxygens (including phenoxy) is 1. The number of nitrogens with one attached hydrogen (secondary N) is 2. The first kappa shape index (κ1) is 19.6. The van der Waals surface area contributed by atoms with E-state index in [0.717, 1.165) is 12.0 Å². The van der Waals surface area contributed by atoms with Crippen molar-refractivity contribution in [1.82, 2.24) is 10.8 Å². The lowest BCUT2D eigenvalue weighted by atomic mass is 10.1. The van der Waals surface area contributed by atoms with Gasteiger partial charge >= 0.3 is 5.97 Å². The smallest absolute Gasteiger partial charge is 0.328 e. The molecular weight excluding hydrogens is 312 g/mol. The average molecular weight is 336 g/mol. The third kappa shape index (κ3) is 7.73. The van der Waals surface area contributed by atoms with Gasteiger partial charge in [0.15, 0.2) is 0 Å². The van der Waals surface area contributed by atoms with Crippen molar-refractivity contribution in [2.75, 3.05) is 6.61 Å². The summed E-state index contributed by atoms with van der Waals surface area (Å²) in [5, 5.41) is 11.1. The van der Waals surface area contributed by atoms with Gasteiger partial charge in [-0.15, -0.1) is 0 Å². The molecule has 0 aliphatic rings. The van der Waals surface area contributed by atoms with E-state index in [1.807, 2.05) is 30.3 Å². The summed E-state index contributed by atoms with van der Waals surface area (Å²) >= 11 is 0. The van der Waals surface area contributed by atoms with Gasteiger partial charge in [-0.05, 0) is 31.7 Å². The fourth-order valence-electron chi connectivity index (χ4n) is 2.19. The molecule has 0 radical (unpaired) electrons. The summed E-state index contributed by atoms with van der Waals surface area (Å²) in [5.74, 6) is -1.48. The van der Waals surface area contributed by atoms with Crippen LogP contribution in [0.15, 0.2) is 30.3 Å². The van der Waals surface area contributed by atoms with Crippen LogP contribution in [-0.2, 0) is 25.5 Å². The second-order valence-corrected chi connectivity index (χ2v) is 5.28. The molecule has 0 aromatic heterocycles. The van der Waals surface area contributed by atoms with Crippen LogP contribution in [0, 0.1) is 0 Å². The van der Waals surface area contributed by atoms with Gasteiger partial charge in [-0.3, -0.25) is 14.8 Å². The first-order valence-corrected chi connectivity index (χ1v) is 7.99. The minimum absolute atomic E-state index is 0.0651. The van der Waals surface area contributed by atoms with Gasteiger partial charge in [0.2, 0.25) is 11.8 Å². The van der Waals surface area contributed by atoms with Crippen LogP contribution in [-0.4, -0.2) is 35.6 Å². The second kappa shape index (κ2) is 11.2. The van der Waals surface area contributed by atoms with Crippen LogP contribution in [0.2, 0.25) is 0 Å². The second-order valence-electron chi connectivity index (χ2n) is 5.28. The Morgan fingerprint density at radius 2 is 1.83 bits per heavy atom. The molecule has 0 saturated carbocycles. The van der Waals surface area contributed by atoms with Gasteiger partial charge < -0.3 is 10.1 Å². The lowest BCUT2D eigenvalue weighted by molar-refractivity contribution is -0.147. The van der Waals surface area contributed by atoms with Crippen LogP contribution >= 0.6 is 0 Å². The number of carbonyl (C=O) groups excluding carboxylic acids is 3. The van der Waals surface area contributed by atoms with Crippen molar-refractivity contribution < 1.29 is 24.3 Å². The van der Waals surface area contributed by atoms with Crippen molar-refractivity contribution in [3.05, 3.63) is 35.9 Å². The number of hydroxylamine groups is 1. The van der Waals surface area contributed by atoms with Gasteiger partial charge in [0, 0.05) is 12.8 Å². The molecule has 7 heteroatoms. The Bertz CT molecular complexity index is 533. The number of rotatable bonds is 10. The molecule has 2 amide bonds. The molecule has 0 aliphatic carbocycles. The van der Waals surface area contributed by atoms with Crippen LogP contribution in [0.1, 0.15) is 38.2 Å². The van der Waals surface area contributed by atoms with E-state index in [9.17, 15) is 14.4 Å². The summed E-state index contributed by atoms with van der Waals surface area (Å²) in [6.45, 7) is 1.85. The zero-order chi connectivity index (χ0) is 17.8. The normalized spacial score (nSPS) is 11.4. The molecule has 1 aromatic carbocycles. The Morgan fingerprint density at radius 1 is 1.12 bits per heavy atom. The van der Waals surface area contributed by atoms with Gasteiger partial charge in [-0.25, -0.2) is 10.3 Å². The van der Waals surface area contributed by atoms with E-state index < -0.39 is 17.9 Å². The highest BCUT2D eigenvalue weighted by Crippen LogP contribution is 2.06. The van der Waals surface area contributed by atoms with Crippen LogP contribution in [0.4, 0.5) is 0 Å². The molecule has 0 spiro atoms. The number of hydrogen-bond acceptors (Lipinski definition) is 5. The van der Waals surface area contributed by atoms with Crippen molar-refractivity contribution in [1.29, 1.82) is 0 Å². The molecule has 0 fully saturated rings. The van der Waals surface area contributed by atoms with Crippen LogP contribution in [0.5, 0.6) is 0 Å². The van der Waals surface area contributed by atoms with Crippen molar-refractivity contribution in [3.63, 3.8) is 0 Å². The van der Waals surface area contributed by atoms with Crippen molar-refractivity contribution in [2.24, 2.45) is 0 Å². The zero-order valence-corrected chi connectivity index (χ0v) is 13.8. The summed E-state index contributed by atoms with van der Waals surface area (Å²) in [7, 11) is 0. The largest absolute Gasteiger partial charge is 0.464 e. The molecule has 0 saturated heterocycles. The number of hydrogen-bond donors (Lipinski definition) is 3. The number of esters is 1. The standard InChI is InChI=1S/C17H24N2O5/c1-2-24-17(22)14(11-12-16(21)19-23)18-15(20)10-6-9-13-7-4-3-5-8-13/h3-5,7-8,14,23H,2,6,9-12H2,1H3,(H,18,20)(H,19,21)/t14-/m0/s1. The Morgan fingerprint density at radius 3 is 2.46 bits per heavy atom. The molecule has 0 unspecified atom stereocenters. The van der Waals surface area contributed by atoms with E-state index in [2.05, 4.69) is 5.32 Å². The topological polar surface area (TPSA) is 105 Å². The quantitative estimate of drug-likeness (QED) is 0.340. The van der Waals surface area contributed by atoms with E-state index in [-0.39, 0.29) is 31.8 Å². The van der Waals surface area contributed by atoms with E-state index in [4.69, 9.17) is 9.94 Å². The van der Waals surface area contributed by atoms with Crippen LogP contribution < -0.4 is 10.8 Å². The van der Waals surface area contributed by atoms with Crippen LogP contribution in [0.3, 0.4) is 0 Å². The molecule has 1 aromatic rings. The molecule has 0 aliphatic heterocycles. The fourth-order valence-corrected chi connectivity index (χ4v) is 2.19. The molecule has 132 valence electrons.